The first kappa shape index (κ1) is 16.8. The van der Waals surface area contributed by atoms with Gasteiger partial charge in [-0.1, -0.05) is 11.6 Å². The lowest BCUT2D eigenvalue weighted by Crippen LogP contribution is -2.35. The maximum Gasteiger partial charge on any atom is 0.215 e. The highest BCUT2D eigenvalue weighted by molar-refractivity contribution is 6.45. The van der Waals surface area contributed by atoms with Crippen molar-refractivity contribution in [1.29, 1.82) is 0 Å². The number of fused-ring (bicyclic) bond motifs is 1. The number of hydrogen-bond acceptors (Lipinski definition) is 3. The molecule has 4 heteroatoms. The number of anilines is 1. The van der Waals surface area contributed by atoms with Gasteiger partial charge >= 0.3 is 0 Å². The predicted molar refractivity (Wildman–Crippen MR) is 107 cm³/mol. The van der Waals surface area contributed by atoms with Gasteiger partial charge in [-0.05, 0) is 51.1 Å². The second-order valence-electron chi connectivity index (χ2n) is 7.67. The molecule has 0 aliphatic carbocycles. The first-order valence-electron chi connectivity index (χ1n) is 9.13. The van der Waals surface area contributed by atoms with Crippen LogP contribution >= 0.6 is 0 Å². The highest BCUT2D eigenvalue weighted by Gasteiger charge is 2.47. The van der Waals surface area contributed by atoms with Gasteiger partial charge in [-0.15, -0.1) is 0 Å². The number of ether oxygens (including phenoxy) is 1. The van der Waals surface area contributed by atoms with Gasteiger partial charge in [-0.25, -0.2) is 0 Å². The van der Waals surface area contributed by atoms with Gasteiger partial charge in [0, 0.05) is 24.6 Å². The van der Waals surface area contributed by atoms with Crippen molar-refractivity contribution in [3.63, 3.8) is 0 Å². The van der Waals surface area contributed by atoms with E-state index < -0.39 is 0 Å². The minimum Gasteiger partial charge on any atom is -0.497 e. The van der Waals surface area contributed by atoms with Crippen molar-refractivity contribution in [3.05, 3.63) is 53.6 Å². The van der Waals surface area contributed by atoms with E-state index in [0.29, 0.717) is 0 Å². The quantitative estimate of drug-likeness (QED) is 0.775. The topological polar surface area (TPSA) is 27.8 Å². The molecule has 0 saturated carbocycles. The molecule has 0 saturated heterocycles. The Kier molecular flexibility index (Phi) is 3.87. The van der Waals surface area contributed by atoms with Crippen LogP contribution in [0.1, 0.15) is 31.4 Å². The maximum atomic E-state index is 5.26. The Hall–Kier alpha value is -2.62. The number of nitrogens with zero attached hydrogens (tertiary/aromatic N) is 3. The number of benzene rings is 2. The summed E-state index contributed by atoms with van der Waals surface area (Å²) in [6.07, 6.45) is 0.960. The van der Waals surface area contributed by atoms with Gasteiger partial charge in [0.1, 0.15) is 18.5 Å². The minimum atomic E-state index is -0.0369. The van der Waals surface area contributed by atoms with E-state index in [1.807, 2.05) is 12.1 Å². The third-order valence-electron chi connectivity index (χ3n) is 5.56. The summed E-state index contributed by atoms with van der Waals surface area (Å²) >= 11 is 0. The minimum absolute atomic E-state index is 0.0369. The first-order valence-corrected chi connectivity index (χ1v) is 9.13. The third kappa shape index (κ3) is 2.52. The van der Waals surface area contributed by atoms with E-state index in [1.165, 1.54) is 28.2 Å². The molecular formula is C22H26N3O+. The summed E-state index contributed by atoms with van der Waals surface area (Å²) in [6, 6.07) is 14.8. The fourth-order valence-corrected chi connectivity index (χ4v) is 4.23. The van der Waals surface area contributed by atoms with Crippen LogP contribution in [0.3, 0.4) is 0 Å². The van der Waals surface area contributed by atoms with Crippen LogP contribution in [0.25, 0.3) is 0 Å². The van der Waals surface area contributed by atoms with E-state index in [0.717, 1.165) is 24.4 Å². The molecule has 0 aromatic heterocycles. The molecule has 0 bridgehead atoms. The Morgan fingerprint density at radius 1 is 1.12 bits per heavy atom. The second-order valence-corrected chi connectivity index (χ2v) is 7.67. The van der Waals surface area contributed by atoms with Crippen molar-refractivity contribution < 1.29 is 9.31 Å². The van der Waals surface area contributed by atoms with E-state index in [9.17, 15) is 0 Å². The zero-order chi connectivity index (χ0) is 18.5. The lowest BCUT2D eigenvalue weighted by Gasteiger charge is -2.17. The fraction of sp³-hybridized carbons (Fsp3) is 0.364. The Labute approximate surface area is 155 Å². The van der Waals surface area contributed by atoms with Crippen molar-refractivity contribution >= 4 is 22.8 Å². The van der Waals surface area contributed by atoms with Crippen LogP contribution in [0.4, 0.5) is 11.4 Å². The third-order valence-corrected chi connectivity index (χ3v) is 5.56. The smallest absolute Gasteiger partial charge is 0.215 e. The largest absolute Gasteiger partial charge is 0.497 e. The molecule has 4 rings (SSSR count). The van der Waals surface area contributed by atoms with Gasteiger partial charge < -0.3 is 4.74 Å². The highest BCUT2D eigenvalue weighted by atomic mass is 16.5. The predicted octanol–water partition coefficient (Wildman–Crippen LogP) is 4.28. The number of hydrazone groups is 1. The molecule has 0 N–H and O–H groups in total. The molecule has 2 aliphatic heterocycles. The van der Waals surface area contributed by atoms with E-state index in [1.54, 1.807) is 7.11 Å². The summed E-state index contributed by atoms with van der Waals surface area (Å²) in [4.78, 5) is 0. The average molecular weight is 348 g/mol. The number of hydrogen-bond donors (Lipinski definition) is 0. The van der Waals surface area contributed by atoms with Crippen LogP contribution in [-0.2, 0) is 5.41 Å². The lowest BCUT2D eigenvalue weighted by molar-refractivity contribution is -0.400. The van der Waals surface area contributed by atoms with Crippen LogP contribution in [0.15, 0.2) is 47.6 Å². The van der Waals surface area contributed by atoms with E-state index >= 15 is 0 Å². The summed E-state index contributed by atoms with van der Waals surface area (Å²) in [7, 11) is 3.85. The van der Waals surface area contributed by atoms with Crippen molar-refractivity contribution in [2.45, 2.75) is 32.6 Å². The summed E-state index contributed by atoms with van der Waals surface area (Å²) in [5.41, 5.74) is 7.55. The zero-order valence-corrected chi connectivity index (χ0v) is 16.2. The van der Waals surface area contributed by atoms with Gasteiger partial charge in [-0.3, -0.25) is 5.01 Å². The van der Waals surface area contributed by atoms with Crippen molar-refractivity contribution in [3.8, 4) is 5.75 Å². The molecule has 0 fully saturated rings. The van der Waals surface area contributed by atoms with Crippen LogP contribution in [0.5, 0.6) is 5.75 Å². The molecule has 2 aromatic rings. The molecule has 0 amide bonds. The maximum absolute atomic E-state index is 5.26. The summed E-state index contributed by atoms with van der Waals surface area (Å²) in [6.45, 7) is 7.68. The molecule has 4 nitrogen and oxygen atoms in total. The molecule has 0 unspecified atom stereocenters. The molecule has 2 aliphatic rings. The Balaban J connectivity index is 1.70. The van der Waals surface area contributed by atoms with Gasteiger partial charge in [-0.2, -0.15) is 9.68 Å². The fourth-order valence-electron chi connectivity index (χ4n) is 4.23. The molecule has 2 aromatic carbocycles. The monoisotopic (exact) mass is 348 g/mol. The average Bonchev–Trinajstić information content (AvgIpc) is 3.17. The van der Waals surface area contributed by atoms with E-state index in [2.05, 4.69) is 67.7 Å². The van der Waals surface area contributed by atoms with Crippen LogP contribution in [-0.4, -0.2) is 36.7 Å². The van der Waals surface area contributed by atoms with E-state index in [-0.39, 0.29) is 5.41 Å². The standard InChI is InChI=1S/C22H26N3O/c1-15-6-11-20-18(14-15)22(2,3)21(24(20)4)19-12-13-25(23-19)16-7-9-17(26-5)10-8-16/h6-11,14H,12-13H2,1-5H3/q+1. The SMILES string of the molecule is COc1ccc(N2CCC(C3=[N+](C)c4ccc(C)cc4C3(C)C)=N2)cc1. The highest BCUT2D eigenvalue weighted by Crippen LogP contribution is 2.40. The van der Waals surface area contributed by atoms with Gasteiger partial charge in [0.05, 0.1) is 18.2 Å². The molecular weight excluding hydrogens is 322 g/mol. The van der Waals surface area contributed by atoms with Crippen LogP contribution < -0.4 is 9.75 Å². The van der Waals surface area contributed by atoms with Crippen molar-refractivity contribution in [2.75, 3.05) is 25.7 Å². The van der Waals surface area contributed by atoms with Crippen molar-refractivity contribution in [1.82, 2.24) is 0 Å². The molecule has 2 heterocycles. The van der Waals surface area contributed by atoms with Gasteiger partial charge in [0.2, 0.25) is 11.4 Å². The molecule has 0 spiro atoms. The molecule has 134 valence electrons. The second kappa shape index (κ2) is 5.97. The van der Waals surface area contributed by atoms with Gasteiger partial charge in [0.25, 0.3) is 0 Å². The number of aryl methyl sites for hydroxylation is 1. The Morgan fingerprint density at radius 3 is 2.54 bits per heavy atom. The Bertz CT molecular complexity index is 923. The molecule has 0 atom stereocenters. The molecule has 26 heavy (non-hydrogen) atoms. The first-order chi connectivity index (χ1) is 12.4. The Morgan fingerprint density at radius 2 is 1.85 bits per heavy atom. The normalized spacial score (nSPS) is 18.2. The number of methoxy groups -OCH3 is 1. The number of rotatable bonds is 3. The van der Waals surface area contributed by atoms with Crippen molar-refractivity contribution in [2.24, 2.45) is 5.10 Å². The summed E-state index contributed by atoms with van der Waals surface area (Å²) in [5, 5.41) is 7.07. The molecule has 0 radical (unpaired) electrons. The summed E-state index contributed by atoms with van der Waals surface area (Å²) in [5.74, 6) is 0.869. The van der Waals surface area contributed by atoms with Crippen LogP contribution in [0.2, 0.25) is 0 Å². The summed E-state index contributed by atoms with van der Waals surface area (Å²) < 4.78 is 7.58. The van der Waals surface area contributed by atoms with Gasteiger partial charge in [0.15, 0.2) is 0 Å². The van der Waals surface area contributed by atoms with E-state index in [4.69, 9.17) is 9.84 Å². The zero-order valence-electron chi connectivity index (χ0n) is 16.2. The lowest BCUT2D eigenvalue weighted by atomic mass is 9.79. The van der Waals surface area contributed by atoms with Crippen LogP contribution in [0, 0.1) is 6.92 Å².